The van der Waals surface area contributed by atoms with Crippen molar-refractivity contribution in [3.8, 4) is 5.75 Å². The number of allylic oxidation sites excluding steroid dienone is 2. The molecule has 2 rings (SSSR count). The first-order valence-electron chi connectivity index (χ1n) is 5.23. The molecule has 0 aliphatic heterocycles. The Bertz CT molecular complexity index is 693. The van der Waals surface area contributed by atoms with E-state index in [0.717, 1.165) is 0 Å². The number of nitrogens with zero attached hydrogens (tertiary/aromatic N) is 2. The standard InChI is InChI=1S/C12H10Cl2N2O2/c1-2-3-4-16-6-15-10-9(12(16)18)7(13)5-8(14)11(10)17/h2-3,5-6,17H,4H2,1H3. The molecule has 6 heteroatoms. The van der Waals surface area contributed by atoms with E-state index in [-0.39, 0.29) is 32.3 Å². The summed E-state index contributed by atoms with van der Waals surface area (Å²) in [6, 6.07) is 1.34. The van der Waals surface area contributed by atoms with E-state index < -0.39 is 0 Å². The van der Waals surface area contributed by atoms with Crippen molar-refractivity contribution in [1.29, 1.82) is 0 Å². The summed E-state index contributed by atoms with van der Waals surface area (Å²) >= 11 is 11.8. The first kappa shape index (κ1) is 12.9. The van der Waals surface area contributed by atoms with Crippen molar-refractivity contribution >= 4 is 34.1 Å². The lowest BCUT2D eigenvalue weighted by Crippen LogP contribution is -2.20. The Balaban J connectivity index is 2.79. The lowest BCUT2D eigenvalue weighted by atomic mass is 10.2. The van der Waals surface area contributed by atoms with Crippen LogP contribution in [0.25, 0.3) is 10.9 Å². The average Bonchev–Trinajstić information content (AvgIpc) is 2.34. The summed E-state index contributed by atoms with van der Waals surface area (Å²) in [6.07, 6.45) is 5.01. The molecule has 94 valence electrons. The summed E-state index contributed by atoms with van der Waals surface area (Å²) in [7, 11) is 0. The third-order valence-corrected chi connectivity index (χ3v) is 3.10. The number of aromatic hydroxyl groups is 1. The van der Waals surface area contributed by atoms with Crippen LogP contribution in [0.1, 0.15) is 6.92 Å². The molecule has 1 heterocycles. The van der Waals surface area contributed by atoms with E-state index >= 15 is 0 Å². The first-order chi connectivity index (χ1) is 8.56. The van der Waals surface area contributed by atoms with Crippen LogP contribution in [0.3, 0.4) is 0 Å². The number of fused-ring (bicyclic) bond motifs is 1. The maximum absolute atomic E-state index is 12.2. The molecule has 1 N–H and O–H groups in total. The molecule has 0 saturated heterocycles. The SMILES string of the molecule is CC=CCn1cnc2c(O)c(Cl)cc(Cl)c2c1=O. The molecule has 0 fully saturated rings. The van der Waals surface area contributed by atoms with E-state index in [2.05, 4.69) is 4.98 Å². The highest BCUT2D eigenvalue weighted by Gasteiger charge is 2.14. The number of halogens is 2. The van der Waals surface area contributed by atoms with Crippen LogP contribution in [0.4, 0.5) is 0 Å². The third kappa shape index (κ3) is 2.09. The molecule has 0 spiro atoms. The molecule has 0 aliphatic carbocycles. The molecule has 0 aliphatic rings. The van der Waals surface area contributed by atoms with Gasteiger partial charge in [-0.15, -0.1) is 0 Å². The largest absolute Gasteiger partial charge is 0.504 e. The summed E-state index contributed by atoms with van der Waals surface area (Å²) in [5.74, 6) is -0.230. The predicted octanol–water partition coefficient (Wildman–Crippen LogP) is 2.99. The summed E-state index contributed by atoms with van der Waals surface area (Å²) in [4.78, 5) is 16.2. The smallest absolute Gasteiger partial charge is 0.263 e. The summed E-state index contributed by atoms with van der Waals surface area (Å²) < 4.78 is 1.40. The summed E-state index contributed by atoms with van der Waals surface area (Å²) in [5, 5.41) is 10.2. The minimum Gasteiger partial charge on any atom is -0.504 e. The number of hydrogen-bond acceptors (Lipinski definition) is 3. The van der Waals surface area contributed by atoms with E-state index in [0.29, 0.717) is 6.54 Å². The van der Waals surface area contributed by atoms with Gasteiger partial charge in [0.25, 0.3) is 5.56 Å². The van der Waals surface area contributed by atoms with Crippen LogP contribution in [-0.4, -0.2) is 14.7 Å². The Morgan fingerprint density at radius 2 is 2.17 bits per heavy atom. The normalized spacial score (nSPS) is 11.5. The molecule has 0 saturated carbocycles. The van der Waals surface area contributed by atoms with Gasteiger partial charge in [-0.25, -0.2) is 4.98 Å². The lowest BCUT2D eigenvalue weighted by molar-refractivity contribution is 0.480. The molecule has 2 aromatic rings. The fourth-order valence-electron chi connectivity index (χ4n) is 1.60. The van der Waals surface area contributed by atoms with E-state index in [4.69, 9.17) is 23.2 Å². The van der Waals surface area contributed by atoms with Crippen LogP contribution in [0.2, 0.25) is 10.0 Å². The predicted molar refractivity (Wildman–Crippen MR) is 72.5 cm³/mol. The molecule has 4 nitrogen and oxygen atoms in total. The molecule has 0 bridgehead atoms. The van der Waals surface area contributed by atoms with Gasteiger partial charge < -0.3 is 5.11 Å². The summed E-state index contributed by atoms with van der Waals surface area (Å²) in [6.45, 7) is 2.26. The van der Waals surface area contributed by atoms with Crippen LogP contribution < -0.4 is 5.56 Å². The average molecular weight is 285 g/mol. The number of aromatic nitrogens is 2. The minimum atomic E-state index is -0.310. The van der Waals surface area contributed by atoms with E-state index in [1.165, 1.54) is 17.0 Å². The van der Waals surface area contributed by atoms with E-state index in [1.54, 1.807) is 0 Å². The highest BCUT2D eigenvalue weighted by molar-refractivity contribution is 6.39. The van der Waals surface area contributed by atoms with Gasteiger partial charge in [0.2, 0.25) is 0 Å². The van der Waals surface area contributed by atoms with Gasteiger partial charge in [0.1, 0.15) is 5.52 Å². The topological polar surface area (TPSA) is 55.1 Å². The molecule has 0 radical (unpaired) electrons. The zero-order valence-corrected chi connectivity index (χ0v) is 11.0. The van der Waals surface area contributed by atoms with Gasteiger partial charge in [-0.3, -0.25) is 9.36 Å². The number of rotatable bonds is 2. The second kappa shape index (κ2) is 5.00. The molecule has 1 aromatic carbocycles. The van der Waals surface area contributed by atoms with Crippen molar-refractivity contribution in [2.45, 2.75) is 13.5 Å². The highest BCUT2D eigenvalue weighted by atomic mass is 35.5. The summed E-state index contributed by atoms with van der Waals surface area (Å²) in [5.41, 5.74) is -0.190. The fraction of sp³-hybridized carbons (Fsp3) is 0.167. The van der Waals surface area contributed by atoms with Crippen molar-refractivity contribution < 1.29 is 5.11 Å². The fourth-order valence-corrected chi connectivity index (χ4v) is 2.13. The number of phenols is 1. The van der Waals surface area contributed by atoms with Gasteiger partial charge in [-0.05, 0) is 13.0 Å². The van der Waals surface area contributed by atoms with Crippen molar-refractivity contribution in [1.82, 2.24) is 9.55 Å². The molecule has 0 amide bonds. The zero-order valence-electron chi connectivity index (χ0n) is 9.52. The number of hydrogen-bond donors (Lipinski definition) is 1. The van der Waals surface area contributed by atoms with Crippen molar-refractivity contribution in [2.24, 2.45) is 0 Å². The monoisotopic (exact) mass is 284 g/mol. The van der Waals surface area contributed by atoms with Gasteiger partial charge in [0, 0.05) is 6.54 Å². The first-order valence-corrected chi connectivity index (χ1v) is 5.99. The van der Waals surface area contributed by atoms with Crippen molar-refractivity contribution in [3.63, 3.8) is 0 Å². The Labute approximate surface area is 113 Å². The van der Waals surface area contributed by atoms with Crippen LogP contribution in [0.5, 0.6) is 5.75 Å². The molecular weight excluding hydrogens is 275 g/mol. The van der Waals surface area contributed by atoms with Crippen molar-refractivity contribution in [3.05, 3.63) is 44.9 Å². The van der Waals surface area contributed by atoms with Gasteiger partial charge in [0.15, 0.2) is 5.75 Å². The Kier molecular flexibility index (Phi) is 3.59. The number of benzene rings is 1. The molecule has 0 unspecified atom stereocenters. The minimum absolute atomic E-state index is 0.0746. The quantitative estimate of drug-likeness (QED) is 0.863. The maximum atomic E-state index is 12.2. The lowest BCUT2D eigenvalue weighted by Gasteiger charge is -2.07. The van der Waals surface area contributed by atoms with Crippen molar-refractivity contribution in [2.75, 3.05) is 0 Å². The third-order valence-electron chi connectivity index (χ3n) is 2.52. The van der Waals surface area contributed by atoms with Gasteiger partial charge in [-0.2, -0.15) is 0 Å². The Morgan fingerprint density at radius 3 is 2.83 bits per heavy atom. The second-order valence-electron chi connectivity index (χ2n) is 3.68. The molecule has 18 heavy (non-hydrogen) atoms. The van der Waals surface area contributed by atoms with Crippen LogP contribution in [0, 0.1) is 0 Å². The second-order valence-corrected chi connectivity index (χ2v) is 4.50. The van der Waals surface area contributed by atoms with Gasteiger partial charge >= 0.3 is 0 Å². The Hall–Kier alpha value is -1.52. The zero-order chi connectivity index (χ0) is 13.3. The highest BCUT2D eigenvalue weighted by Crippen LogP contribution is 2.34. The van der Waals surface area contributed by atoms with Gasteiger partial charge in [-0.1, -0.05) is 35.4 Å². The maximum Gasteiger partial charge on any atom is 0.263 e. The molecular formula is C12H10Cl2N2O2. The van der Waals surface area contributed by atoms with Crippen LogP contribution in [0.15, 0.2) is 29.3 Å². The van der Waals surface area contributed by atoms with E-state index in [9.17, 15) is 9.90 Å². The molecule has 0 atom stereocenters. The van der Waals surface area contributed by atoms with Crippen LogP contribution >= 0.6 is 23.2 Å². The molecule has 1 aromatic heterocycles. The van der Waals surface area contributed by atoms with Gasteiger partial charge in [0.05, 0.1) is 21.8 Å². The van der Waals surface area contributed by atoms with Crippen LogP contribution in [-0.2, 0) is 6.54 Å². The van der Waals surface area contributed by atoms with E-state index in [1.807, 2.05) is 19.1 Å². The Morgan fingerprint density at radius 1 is 1.44 bits per heavy atom. The number of phenolic OH excluding ortho intramolecular Hbond substituents is 1.